The molecule has 0 aliphatic carbocycles. The summed E-state index contributed by atoms with van der Waals surface area (Å²) < 4.78 is 9.87. The van der Waals surface area contributed by atoms with E-state index in [0.717, 1.165) is 0 Å². The smallest absolute Gasteiger partial charge is 0.318 e. The first kappa shape index (κ1) is 9.94. The Kier molecular flexibility index (Phi) is 3.21. The van der Waals surface area contributed by atoms with Gasteiger partial charge in [0.2, 0.25) is 0 Å². The van der Waals surface area contributed by atoms with Gasteiger partial charge in [0.25, 0.3) is 0 Å². The molecule has 0 unspecified atom stereocenters. The van der Waals surface area contributed by atoms with Crippen LogP contribution in [0.3, 0.4) is 0 Å². The molecule has 1 saturated heterocycles. The van der Waals surface area contributed by atoms with E-state index in [9.17, 15) is 9.59 Å². The fraction of sp³-hybridized carbons (Fsp3) is 0.714. The van der Waals surface area contributed by atoms with Crippen molar-refractivity contribution < 1.29 is 29.3 Å². The van der Waals surface area contributed by atoms with Gasteiger partial charge in [0.05, 0.1) is 13.2 Å². The standard InChI is InChI=1S/C7H10O6/c8-6(9)4(7(10)11)3-5-12-1-2-13-5/h4-5H,1-3H2,(H,8,9)(H,10,11). The number of carboxylic acids is 2. The second-order valence-corrected chi connectivity index (χ2v) is 2.64. The molecule has 2 N–H and O–H groups in total. The molecule has 6 heteroatoms. The maximum Gasteiger partial charge on any atom is 0.318 e. The quantitative estimate of drug-likeness (QED) is 0.582. The van der Waals surface area contributed by atoms with Crippen molar-refractivity contribution in [2.24, 2.45) is 5.92 Å². The molecular weight excluding hydrogens is 180 g/mol. The highest BCUT2D eigenvalue weighted by molar-refractivity contribution is 5.92. The van der Waals surface area contributed by atoms with E-state index >= 15 is 0 Å². The van der Waals surface area contributed by atoms with Crippen LogP contribution in [0.25, 0.3) is 0 Å². The molecule has 0 aromatic heterocycles. The minimum atomic E-state index is -1.46. The van der Waals surface area contributed by atoms with E-state index in [1.54, 1.807) is 0 Å². The van der Waals surface area contributed by atoms with Crippen molar-refractivity contribution >= 4 is 11.9 Å². The van der Waals surface area contributed by atoms with E-state index in [1.807, 2.05) is 0 Å². The lowest BCUT2D eigenvalue weighted by Crippen LogP contribution is -2.28. The van der Waals surface area contributed by atoms with Crippen molar-refractivity contribution in [1.29, 1.82) is 0 Å². The third kappa shape index (κ3) is 2.67. The van der Waals surface area contributed by atoms with Gasteiger partial charge in [-0.2, -0.15) is 0 Å². The molecule has 1 heterocycles. The minimum absolute atomic E-state index is 0.148. The zero-order valence-corrected chi connectivity index (χ0v) is 6.80. The Hall–Kier alpha value is -1.14. The zero-order chi connectivity index (χ0) is 9.84. The second kappa shape index (κ2) is 4.20. The molecule has 0 aromatic carbocycles. The van der Waals surface area contributed by atoms with Gasteiger partial charge in [-0.3, -0.25) is 9.59 Å². The van der Waals surface area contributed by atoms with Crippen LogP contribution < -0.4 is 0 Å². The predicted octanol–water partition coefficient (Wildman–Crippen LogP) is -0.465. The van der Waals surface area contributed by atoms with Gasteiger partial charge in [-0.25, -0.2) is 0 Å². The van der Waals surface area contributed by atoms with E-state index in [1.165, 1.54) is 0 Å². The number of hydrogen-bond acceptors (Lipinski definition) is 4. The molecule has 0 bridgehead atoms. The number of carbonyl (C=O) groups is 2. The third-order valence-corrected chi connectivity index (χ3v) is 1.72. The fourth-order valence-corrected chi connectivity index (χ4v) is 1.04. The summed E-state index contributed by atoms with van der Waals surface area (Å²) in [6.07, 6.45) is -0.845. The van der Waals surface area contributed by atoms with Gasteiger partial charge in [-0.05, 0) is 0 Å². The van der Waals surface area contributed by atoms with Crippen molar-refractivity contribution in [2.45, 2.75) is 12.7 Å². The maximum atomic E-state index is 10.4. The summed E-state index contributed by atoms with van der Waals surface area (Å²) >= 11 is 0. The summed E-state index contributed by atoms with van der Waals surface area (Å²) in [5.74, 6) is -4.19. The molecule has 1 fully saturated rings. The molecule has 0 amide bonds. The van der Waals surface area contributed by atoms with Gasteiger partial charge < -0.3 is 19.7 Å². The van der Waals surface area contributed by atoms with Crippen LogP contribution in [0.4, 0.5) is 0 Å². The van der Waals surface area contributed by atoms with E-state index in [2.05, 4.69) is 0 Å². The molecule has 0 spiro atoms. The van der Waals surface area contributed by atoms with Crippen LogP contribution in [0.15, 0.2) is 0 Å². The fourth-order valence-electron chi connectivity index (χ4n) is 1.04. The SMILES string of the molecule is O=C(O)C(CC1OCCO1)C(=O)O. The number of rotatable bonds is 4. The van der Waals surface area contributed by atoms with Gasteiger partial charge in [0.15, 0.2) is 12.2 Å². The highest BCUT2D eigenvalue weighted by Gasteiger charge is 2.31. The average molecular weight is 190 g/mol. The summed E-state index contributed by atoms with van der Waals surface area (Å²) in [7, 11) is 0. The van der Waals surface area contributed by atoms with Crippen LogP contribution in [-0.2, 0) is 19.1 Å². The lowest BCUT2D eigenvalue weighted by Gasteiger charge is -2.11. The lowest BCUT2D eigenvalue weighted by molar-refractivity contribution is -0.159. The first-order valence-corrected chi connectivity index (χ1v) is 3.80. The minimum Gasteiger partial charge on any atom is -0.481 e. The molecule has 0 atom stereocenters. The van der Waals surface area contributed by atoms with E-state index in [4.69, 9.17) is 19.7 Å². The average Bonchev–Trinajstić information content (AvgIpc) is 2.50. The van der Waals surface area contributed by atoms with Gasteiger partial charge in [-0.1, -0.05) is 0 Å². The molecular formula is C7H10O6. The number of hydrogen-bond donors (Lipinski definition) is 2. The lowest BCUT2D eigenvalue weighted by atomic mass is 10.1. The van der Waals surface area contributed by atoms with Crippen molar-refractivity contribution in [1.82, 2.24) is 0 Å². The van der Waals surface area contributed by atoms with Crippen molar-refractivity contribution in [2.75, 3.05) is 13.2 Å². The van der Waals surface area contributed by atoms with Crippen LogP contribution in [-0.4, -0.2) is 41.7 Å². The van der Waals surface area contributed by atoms with Crippen LogP contribution in [0, 0.1) is 5.92 Å². The highest BCUT2D eigenvalue weighted by atomic mass is 16.7. The Morgan fingerprint density at radius 3 is 2.08 bits per heavy atom. The predicted molar refractivity (Wildman–Crippen MR) is 39.1 cm³/mol. The van der Waals surface area contributed by atoms with E-state index in [0.29, 0.717) is 13.2 Å². The largest absolute Gasteiger partial charge is 0.481 e. The van der Waals surface area contributed by atoms with E-state index in [-0.39, 0.29) is 6.42 Å². The molecule has 0 radical (unpaired) electrons. The Balaban J connectivity index is 2.46. The molecule has 1 aliphatic rings. The summed E-state index contributed by atoms with van der Waals surface area (Å²) in [6, 6.07) is 0. The number of ether oxygens (including phenoxy) is 2. The molecule has 0 aromatic rings. The number of aliphatic carboxylic acids is 2. The molecule has 1 rings (SSSR count). The highest BCUT2D eigenvalue weighted by Crippen LogP contribution is 2.15. The summed E-state index contributed by atoms with van der Waals surface area (Å²) in [6.45, 7) is 0.771. The molecule has 1 aliphatic heterocycles. The van der Waals surface area contributed by atoms with E-state index < -0.39 is 24.1 Å². The second-order valence-electron chi connectivity index (χ2n) is 2.64. The van der Waals surface area contributed by atoms with Gasteiger partial charge >= 0.3 is 11.9 Å². The van der Waals surface area contributed by atoms with Crippen LogP contribution in [0.1, 0.15) is 6.42 Å². The third-order valence-electron chi connectivity index (χ3n) is 1.72. The van der Waals surface area contributed by atoms with Crippen molar-refractivity contribution in [3.8, 4) is 0 Å². The molecule has 6 nitrogen and oxygen atoms in total. The Labute approximate surface area is 74.1 Å². The van der Waals surface area contributed by atoms with Crippen LogP contribution in [0.2, 0.25) is 0 Å². The van der Waals surface area contributed by atoms with Crippen LogP contribution >= 0.6 is 0 Å². The monoisotopic (exact) mass is 190 g/mol. The summed E-state index contributed by atoms with van der Waals surface area (Å²) in [5.41, 5.74) is 0. The van der Waals surface area contributed by atoms with Crippen molar-refractivity contribution in [3.63, 3.8) is 0 Å². The number of carboxylic acid groups (broad SMARTS) is 2. The first-order chi connectivity index (χ1) is 6.11. The zero-order valence-electron chi connectivity index (χ0n) is 6.80. The normalized spacial score (nSPS) is 17.9. The summed E-state index contributed by atoms with van der Waals surface area (Å²) in [4.78, 5) is 20.9. The maximum absolute atomic E-state index is 10.4. The summed E-state index contributed by atoms with van der Waals surface area (Å²) in [5, 5.41) is 17.0. The topological polar surface area (TPSA) is 93.1 Å². The van der Waals surface area contributed by atoms with Gasteiger partial charge in [0, 0.05) is 6.42 Å². The molecule has 0 saturated carbocycles. The first-order valence-electron chi connectivity index (χ1n) is 3.80. The van der Waals surface area contributed by atoms with Crippen molar-refractivity contribution in [3.05, 3.63) is 0 Å². The van der Waals surface area contributed by atoms with Crippen LogP contribution in [0.5, 0.6) is 0 Å². The molecule has 13 heavy (non-hydrogen) atoms. The van der Waals surface area contributed by atoms with Gasteiger partial charge in [0.1, 0.15) is 0 Å². The Bertz CT molecular complexity index is 193. The Morgan fingerprint density at radius 1 is 1.23 bits per heavy atom. The molecule has 74 valence electrons. The Morgan fingerprint density at radius 2 is 1.69 bits per heavy atom. The van der Waals surface area contributed by atoms with Gasteiger partial charge in [-0.15, -0.1) is 0 Å².